The van der Waals surface area contributed by atoms with Crippen LogP contribution in [0.25, 0.3) is 0 Å². The van der Waals surface area contributed by atoms with E-state index in [0.717, 1.165) is 19.3 Å². The van der Waals surface area contributed by atoms with Gasteiger partial charge >= 0.3 is 0 Å². The molecular weight excluding hydrogens is 144 g/mol. The molecule has 11 heavy (non-hydrogen) atoms. The molecule has 3 N–H and O–H groups in total. The number of ether oxygens (including phenoxy) is 1. The van der Waals surface area contributed by atoms with Gasteiger partial charge in [0.25, 0.3) is 0 Å². The highest BCUT2D eigenvalue weighted by Gasteiger charge is 2.29. The van der Waals surface area contributed by atoms with Gasteiger partial charge in [-0.2, -0.15) is 0 Å². The van der Waals surface area contributed by atoms with Gasteiger partial charge in [0.15, 0.2) is 0 Å². The maximum atomic E-state index is 11.0. The van der Waals surface area contributed by atoms with E-state index in [4.69, 9.17) is 10.6 Å². The lowest BCUT2D eigenvalue weighted by Crippen LogP contribution is -2.35. The Balaban J connectivity index is 2.35. The molecule has 2 unspecified atom stereocenters. The van der Waals surface area contributed by atoms with Crippen LogP contribution < -0.4 is 11.3 Å². The summed E-state index contributed by atoms with van der Waals surface area (Å²) in [6.07, 6.45) is 2.91. The van der Waals surface area contributed by atoms with Crippen LogP contribution in [0.3, 0.4) is 0 Å². The van der Waals surface area contributed by atoms with Crippen molar-refractivity contribution in [2.75, 3.05) is 7.11 Å². The average Bonchev–Trinajstić information content (AvgIpc) is 2.50. The van der Waals surface area contributed by atoms with Gasteiger partial charge in [-0.3, -0.25) is 10.2 Å². The Morgan fingerprint density at radius 1 is 1.64 bits per heavy atom. The molecule has 0 aromatic heterocycles. The second-order valence-electron chi connectivity index (χ2n) is 2.88. The maximum Gasteiger partial charge on any atom is 0.237 e. The number of hydrazine groups is 1. The van der Waals surface area contributed by atoms with Crippen LogP contribution in [0, 0.1) is 5.92 Å². The first kappa shape index (κ1) is 8.49. The molecule has 0 spiro atoms. The molecule has 1 fully saturated rings. The van der Waals surface area contributed by atoms with Crippen LogP contribution in [-0.4, -0.2) is 19.1 Å². The van der Waals surface area contributed by atoms with Crippen molar-refractivity contribution in [3.63, 3.8) is 0 Å². The third-order valence-electron chi connectivity index (χ3n) is 2.23. The number of carbonyl (C=O) groups is 1. The second-order valence-corrected chi connectivity index (χ2v) is 2.88. The molecule has 0 aliphatic heterocycles. The minimum Gasteiger partial charge on any atom is -0.381 e. The van der Waals surface area contributed by atoms with Crippen molar-refractivity contribution in [3.8, 4) is 0 Å². The summed E-state index contributed by atoms with van der Waals surface area (Å²) in [4.78, 5) is 11.0. The normalized spacial score (nSPS) is 30.4. The average molecular weight is 158 g/mol. The van der Waals surface area contributed by atoms with Gasteiger partial charge in [0.1, 0.15) is 0 Å². The van der Waals surface area contributed by atoms with E-state index in [1.807, 2.05) is 0 Å². The van der Waals surface area contributed by atoms with Crippen molar-refractivity contribution in [2.24, 2.45) is 11.8 Å². The zero-order valence-electron chi connectivity index (χ0n) is 6.67. The summed E-state index contributed by atoms with van der Waals surface area (Å²) < 4.78 is 5.12. The zero-order chi connectivity index (χ0) is 8.27. The van der Waals surface area contributed by atoms with Crippen LogP contribution >= 0.6 is 0 Å². The predicted octanol–water partition coefficient (Wildman–Crippen LogP) is -0.209. The molecule has 1 aliphatic carbocycles. The van der Waals surface area contributed by atoms with Crippen molar-refractivity contribution < 1.29 is 9.53 Å². The number of hydrogen-bond donors (Lipinski definition) is 2. The van der Waals surface area contributed by atoms with E-state index < -0.39 is 0 Å². The Labute approximate surface area is 66.1 Å². The molecule has 0 radical (unpaired) electrons. The Morgan fingerprint density at radius 3 is 2.82 bits per heavy atom. The molecule has 0 heterocycles. The van der Waals surface area contributed by atoms with Crippen LogP contribution in [0.2, 0.25) is 0 Å². The van der Waals surface area contributed by atoms with Crippen LogP contribution in [0.1, 0.15) is 19.3 Å². The quantitative estimate of drug-likeness (QED) is 0.332. The summed E-state index contributed by atoms with van der Waals surface area (Å²) >= 11 is 0. The highest BCUT2D eigenvalue weighted by Crippen LogP contribution is 2.27. The fourth-order valence-corrected chi connectivity index (χ4v) is 1.51. The minimum atomic E-state index is -0.0652. The monoisotopic (exact) mass is 158 g/mol. The molecule has 1 aliphatic rings. The lowest BCUT2D eigenvalue weighted by atomic mass is 10.1. The molecule has 64 valence electrons. The van der Waals surface area contributed by atoms with E-state index in [0.29, 0.717) is 0 Å². The number of carbonyl (C=O) groups excluding carboxylic acids is 1. The summed E-state index contributed by atoms with van der Waals surface area (Å²) in [7, 11) is 1.67. The first-order valence-corrected chi connectivity index (χ1v) is 3.81. The van der Waals surface area contributed by atoms with E-state index in [1.165, 1.54) is 0 Å². The predicted molar refractivity (Wildman–Crippen MR) is 40.5 cm³/mol. The number of nitrogens with one attached hydrogen (secondary N) is 1. The van der Waals surface area contributed by atoms with Gasteiger partial charge in [-0.1, -0.05) is 0 Å². The summed E-state index contributed by atoms with van der Waals surface area (Å²) in [5, 5.41) is 0. The van der Waals surface area contributed by atoms with Gasteiger partial charge in [-0.05, 0) is 19.3 Å². The number of amides is 1. The third kappa shape index (κ3) is 1.91. The molecular formula is C7H14N2O2. The highest BCUT2D eigenvalue weighted by molar-refractivity contribution is 5.78. The van der Waals surface area contributed by atoms with Crippen molar-refractivity contribution in [3.05, 3.63) is 0 Å². The topological polar surface area (TPSA) is 64.3 Å². The van der Waals surface area contributed by atoms with Crippen LogP contribution in [0.5, 0.6) is 0 Å². The van der Waals surface area contributed by atoms with Crippen molar-refractivity contribution in [1.29, 1.82) is 0 Å². The molecule has 4 heteroatoms. The molecule has 1 amide bonds. The van der Waals surface area contributed by atoms with Crippen molar-refractivity contribution >= 4 is 5.91 Å². The first-order chi connectivity index (χ1) is 5.27. The number of hydrogen-bond acceptors (Lipinski definition) is 3. The highest BCUT2D eigenvalue weighted by atomic mass is 16.5. The van der Waals surface area contributed by atoms with E-state index >= 15 is 0 Å². The standard InChI is InChI=1S/C7H14N2O2/c1-11-6-3-2-5(4-6)7(10)9-8/h5-6H,2-4,8H2,1H3,(H,9,10). The van der Waals surface area contributed by atoms with Crippen LogP contribution in [-0.2, 0) is 9.53 Å². The Hall–Kier alpha value is -0.610. The van der Waals surface area contributed by atoms with Gasteiger partial charge in [-0.25, -0.2) is 5.84 Å². The molecule has 0 aromatic carbocycles. The molecule has 1 rings (SSSR count). The second kappa shape index (κ2) is 3.69. The largest absolute Gasteiger partial charge is 0.381 e. The summed E-state index contributed by atoms with van der Waals surface area (Å²) in [6.45, 7) is 0. The van der Waals surface area contributed by atoms with E-state index in [9.17, 15) is 4.79 Å². The van der Waals surface area contributed by atoms with Gasteiger partial charge in [0.05, 0.1) is 6.10 Å². The molecule has 0 aromatic rings. The van der Waals surface area contributed by atoms with Crippen molar-refractivity contribution in [2.45, 2.75) is 25.4 Å². The Bertz CT molecular complexity index is 149. The molecule has 0 bridgehead atoms. The van der Waals surface area contributed by atoms with Gasteiger partial charge < -0.3 is 4.74 Å². The van der Waals surface area contributed by atoms with E-state index in [1.54, 1.807) is 7.11 Å². The minimum absolute atomic E-state index is 0.0601. The fraction of sp³-hybridized carbons (Fsp3) is 0.857. The van der Waals surface area contributed by atoms with Crippen LogP contribution in [0.15, 0.2) is 0 Å². The fourth-order valence-electron chi connectivity index (χ4n) is 1.51. The smallest absolute Gasteiger partial charge is 0.237 e. The third-order valence-corrected chi connectivity index (χ3v) is 2.23. The summed E-state index contributed by atoms with van der Waals surface area (Å²) in [5.41, 5.74) is 2.16. The summed E-state index contributed by atoms with van der Waals surface area (Å²) in [6, 6.07) is 0. The van der Waals surface area contributed by atoms with E-state index in [2.05, 4.69) is 5.43 Å². The lowest BCUT2D eigenvalue weighted by Gasteiger charge is -2.07. The number of nitrogens with two attached hydrogens (primary N) is 1. The van der Waals surface area contributed by atoms with Gasteiger partial charge in [-0.15, -0.1) is 0 Å². The van der Waals surface area contributed by atoms with Gasteiger partial charge in [0, 0.05) is 13.0 Å². The first-order valence-electron chi connectivity index (χ1n) is 3.81. The number of methoxy groups -OCH3 is 1. The SMILES string of the molecule is COC1CCC(C(=O)NN)C1. The maximum absolute atomic E-state index is 11.0. The molecule has 4 nitrogen and oxygen atoms in total. The zero-order valence-corrected chi connectivity index (χ0v) is 6.67. The summed E-state index contributed by atoms with van der Waals surface area (Å²) in [5.74, 6) is 4.99. The molecule has 0 saturated heterocycles. The molecule has 2 atom stereocenters. The number of rotatable bonds is 2. The van der Waals surface area contributed by atoms with Gasteiger partial charge in [0.2, 0.25) is 5.91 Å². The lowest BCUT2D eigenvalue weighted by molar-refractivity contribution is -0.125. The Kier molecular flexibility index (Phi) is 2.84. The van der Waals surface area contributed by atoms with E-state index in [-0.39, 0.29) is 17.9 Å². The van der Waals surface area contributed by atoms with Crippen LogP contribution in [0.4, 0.5) is 0 Å². The van der Waals surface area contributed by atoms with Crippen molar-refractivity contribution in [1.82, 2.24) is 5.43 Å². The Morgan fingerprint density at radius 2 is 2.36 bits per heavy atom. The molecule has 1 saturated carbocycles.